The Kier molecular flexibility index (Phi) is 3.30. The van der Waals surface area contributed by atoms with Crippen LogP contribution in [0, 0.1) is 0 Å². The number of rotatable bonds is 4. The van der Waals surface area contributed by atoms with Crippen molar-refractivity contribution in [1.82, 2.24) is 25.1 Å². The Morgan fingerprint density at radius 3 is 3.20 bits per heavy atom. The van der Waals surface area contributed by atoms with Gasteiger partial charge in [-0.25, -0.2) is 0 Å². The van der Waals surface area contributed by atoms with Gasteiger partial charge in [-0.2, -0.15) is 9.61 Å². The van der Waals surface area contributed by atoms with Crippen molar-refractivity contribution in [2.45, 2.75) is 6.54 Å². The van der Waals surface area contributed by atoms with E-state index in [9.17, 15) is 4.79 Å². The summed E-state index contributed by atoms with van der Waals surface area (Å²) < 4.78 is 6.67. The number of carbonyl (C=O) groups is 1. The summed E-state index contributed by atoms with van der Waals surface area (Å²) in [6, 6.07) is 6.99. The molecule has 0 fully saturated rings. The highest BCUT2D eigenvalue weighted by Gasteiger charge is 2.09. The normalized spacial score (nSPS) is 10.7. The summed E-state index contributed by atoms with van der Waals surface area (Å²) >= 11 is 1.39. The summed E-state index contributed by atoms with van der Waals surface area (Å²) in [5.41, 5.74) is 0.548. The number of benzene rings is 1. The number of methoxy groups -OCH3 is 1. The van der Waals surface area contributed by atoms with Crippen LogP contribution < -0.4 is 10.1 Å². The van der Waals surface area contributed by atoms with Crippen LogP contribution in [0.25, 0.3) is 4.96 Å². The maximum absolute atomic E-state index is 12.0. The maximum atomic E-state index is 12.0. The van der Waals surface area contributed by atoms with Crippen LogP contribution in [0.1, 0.15) is 15.4 Å². The van der Waals surface area contributed by atoms with Crippen molar-refractivity contribution >= 4 is 22.2 Å². The van der Waals surface area contributed by atoms with Crippen molar-refractivity contribution < 1.29 is 9.53 Å². The summed E-state index contributed by atoms with van der Waals surface area (Å²) in [6.07, 6.45) is 1.53. The molecule has 1 aromatic carbocycles. The zero-order valence-corrected chi connectivity index (χ0v) is 11.4. The molecular weight excluding hydrogens is 278 g/mol. The number of hydrogen-bond donors (Lipinski definition) is 1. The average Bonchev–Trinajstić information content (AvgIpc) is 3.05. The number of nitrogens with zero attached hydrogens (tertiary/aromatic N) is 4. The second-order valence-electron chi connectivity index (χ2n) is 3.97. The van der Waals surface area contributed by atoms with Gasteiger partial charge in [-0.3, -0.25) is 4.79 Å². The Bertz CT molecular complexity index is 722. The minimum Gasteiger partial charge on any atom is -0.497 e. The molecule has 0 saturated heterocycles. The highest BCUT2D eigenvalue weighted by Crippen LogP contribution is 2.14. The third-order valence-corrected chi connectivity index (χ3v) is 3.57. The second-order valence-corrected chi connectivity index (χ2v) is 5.01. The zero-order chi connectivity index (χ0) is 13.9. The summed E-state index contributed by atoms with van der Waals surface area (Å²) in [5.74, 6) is 0.478. The second kappa shape index (κ2) is 5.25. The molecule has 20 heavy (non-hydrogen) atoms. The quantitative estimate of drug-likeness (QED) is 0.778. The van der Waals surface area contributed by atoms with Crippen LogP contribution in [0.5, 0.6) is 5.75 Å². The van der Waals surface area contributed by atoms with Crippen LogP contribution in [-0.4, -0.2) is 32.8 Å². The first-order valence-electron chi connectivity index (χ1n) is 5.84. The minimum atomic E-state index is -0.171. The van der Waals surface area contributed by atoms with Crippen LogP contribution in [0.2, 0.25) is 0 Å². The van der Waals surface area contributed by atoms with Gasteiger partial charge >= 0.3 is 0 Å². The fourth-order valence-corrected chi connectivity index (χ4v) is 2.45. The molecule has 0 radical (unpaired) electrons. The monoisotopic (exact) mass is 289 g/mol. The predicted molar refractivity (Wildman–Crippen MR) is 72.8 cm³/mol. The molecule has 2 heterocycles. The molecule has 0 bridgehead atoms. The van der Waals surface area contributed by atoms with Gasteiger partial charge in [0, 0.05) is 5.56 Å². The van der Waals surface area contributed by atoms with E-state index in [4.69, 9.17) is 4.74 Å². The molecule has 1 N–H and O–H groups in total. The van der Waals surface area contributed by atoms with Crippen LogP contribution >= 0.6 is 11.3 Å². The molecule has 0 saturated carbocycles. The molecule has 1 amide bonds. The van der Waals surface area contributed by atoms with Gasteiger partial charge in [0.2, 0.25) is 4.96 Å². The van der Waals surface area contributed by atoms with Crippen molar-refractivity contribution in [1.29, 1.82) is 0 Å². The summed E-state index contributed by atoms with van der Waals surface area (Å²) in [4.78, 5) is 12.7. The average molecular weight is 289 g/mol. The lowest BCUT2D eigenvalue weighted by atomic mass is 10.2. The van der Waals surface area contributed by atoms with Crippen molar-refractivity contribution in [3.8, 4) is 5.75 Å². The minimum absolute atomic E-state index is 0.171. The molecule has 3 aromatic rings. The summed E-state index contributed by atoms with van der Waals surface area (Å²) in [6.45, 7) is 0.351. The van der Waals surface area contributed by atoms with Crippen LogP contribution in [0.15, 0.2) is 30.6 Å². The number of hydrogen-bond acceptors (Lipinski definition) is 6. The lowest BCUT2D eigenvalue weighted by Gasteiger charge is -2.04. The van der Waals surface area contributed by atoms with E-state index in [1.165, 1.54) is 17.7 Å². The summed E-state index contributed by atoms with van der Waals surface area (Å²) in [7, 11) is 1.57. The standard InChI is InChI=1S/C12H11N5O2S/c1-19-9-4-2-3-8(5-9)11(18)13-6-10-16-17-7-14-15-12(17)20-10/h2-5,7H,6H2,1H3,(H,13,18). The summed E-state index contributed by atoms with van der Waals surface area (Å²) in [5, 5.41) is 15.4. The van der Waals surface area contributed by atoms with Crippen LogP contribution in [-0.2, 0) is 6.54 Å². The molecule has 0 unspecified atom stereocenters. The number of nitrogens with one attached hydrogen (secondary N) is 1. The smallest absolute Gasteiger partial charge is 0.251 e. The Morgan fingerprint density at radius 1 is 1.50 bits per heavy atom. The molecule has 0 aliphatic carbocycles. The fraction of sp³-hybridized carbons (Fsp3) is 0.167. The molecule has 3 rings (SSSR count). The first kappa shape index (κ1) is 12.5. The first-order valence-corrected chi connectivity index (χ1v) is 6.66. The Morgan fingerprint density at radius 2 is 2.40 bits per heavy atom. The SMILES string of the molecule is COc1cccc(C(=O)NCc2nn3cnnc3s2)c1. The van der Waals surface area contributed by atoms with Gasteiger partial charge in [0.25, 0.3) is 5.91 Å². The van der Waals surface area contributed by atoms with Gasteiger partial charge in [0.15, 0.2) is 0 Å². The highest BCUT2D eigenvalue weighted by molar-refractivity contribution is 7.16. The van der Waals surface area contributed by atoms with Gasteiger partial charge in [-0.05, 0) is 18.2 Å². The number of aromatic nitrogens is 4. The van der Waals surface area contributed by atoms with Crippen molar-refractivity contribution in [3.05, 3.63) is 41.2 Å². The molecule has 8 heteroatoms. The van der Waals surface area contributed by atoms with Crippen LogP contribution in [0.3, 0.4) is 0 Å². The Labute approximate surface area is 118 Å². The van der Waals surface area contributed by atoms with Crippen LogP contribution in [0.4, 0.5) is 0 Å². The molecule has 2 aromatic heterocycles. The van der Waals surface area contributed by atoms with E-state index in [-0.39, 0.29) is 5.91 Å². The lowest BCUT2D eigenvalue weighted by Crippen LogP contribution is -2.22. The van der Waals surface area contributed by atoms with E-state index in [0.29, 0.717) is 22.8 Å². The molecule has 0 atom stereocenters. The molecule has 0 spiro atoms. The van der Waals surface area contributed by atoms with E-state index >= 15 is 0 Å². The number of carbonyl (C=O) groups excluding carboxylic acids is 1. The molecule has 0 aliphatic heterocycles. The first-order chi connectivity index (χ1) is 9.76. The number of fused-ring (bicyclic) bond motifs is 1. The maximum Gasteiger partial charge on any atom is 0.251 e. The topological polar surface area (TPSA) is 81.4 Å². The molecule has 7 nitrogen and oxygen atoms in total. The van der Waals surface area contributed by atoms with E-state index in [1.54, 1.807) is 35.9 Å². The molecular formula is C12H11N5O2S. The van der Waals surface area contributed by atoms with Gasteiger partial charge < -0.3 is 10.1 Å². The Balaban J connectivity index is 1.68. The molecule has 0 aliphatic rings. The van der Waals surface area contributed by atoms with Gasteiger partial charge in [0.05, 0.1) is 13.7 Å². The van der Waals surface area contributed by atoms with E-state index in [1.807, 2.05) is 0 Å². The van der Waals surface area contributed by atoms with Gasteiger partial charge in [-0.1, -0.05) is 17.4 Å². The third kappa shape index (κ3) is 2.45. The van der Waals surface area contributed by atoms with E-state index in [2.05, 4.69) is 20.6 Å². The number of amides is 1. The third-order valence-electron chi connectivity index (χ3n) is 2.66. The Hall–Kier alpha value is -2.48. The largest absolute Gasteiger partial charge is 0.497 e. The lowest BCUT2D eigenvalue weighted by molar-refractivity contribution is 0.0950. The van der Waals surface area contributed by atoms with Crippen molar-refractivity contribution in [2.24, 2.45) is 0 Å². The van der Waals surface area contributed by atoms with E-state index in [0.717, 1.165) is 5.01 Å². The van der Waals surface area contributed by atoms with Crippen molar-refractivity contribution in [2.75, 3.05) is 7.11 Å². The molecule has 102 valence electrons. The van der Waals surface area contributed by atoms with Gasteiger partial charge in [0.1, 0.15) is 17.1 Å². The predicted octanol–water partition coefficient (Wildman–Crippen LogP) is 1.12. The number of ether oxygens (including phenoxy) is 1. The highest BCUT2D eigenvalue weighted by atomic mass is 32.1. The van der Waals surface area contributed by atoms with E-state index < -0.39 is 0 Å². The zero-order valence-electron chi connectivity index (χ0n) is 10.6. The fourth-order valence-electron chi connectivity index (χ4n) is 1.69. The van der Waals surface area contributed by atoms with Gasteiger partial charge in [-0.15, -0.1) is 10.2 Å². The van der Waals surface area contributed by atoms with Crippen molar-refractivity contribution in [3.63, 3.8) is 0 Å².